The van der Waals surface area contributed by atoms with E-state index in [4.69, 9.17) is 11.6 Å². The molecule has 0 aromatic carbocycles. The third-order valence-electron chi connectivity index (χ3n) is 2.92. The predicted octanol–water partition coefficient (Wildman–Crippen LogP) is 0.565. The fourth-order valence-corrected chi connectivity index (χ4v) is 2.09. The maximum absolute atomic E-state index is 12.2. The van der Waals surface area contributed by atoms with E-state index in [9.17, 15) is 4.79 Å². The Bertz CT molecular complexity index is 795. The molecule has 3 aromatic rings. The van der Waals surface area contributed by atoms with Gasteiger partial charge in [0.25, 0.3) is 5.56 Å². The zero-order chi connectivity index (χ0) is 13.6. The minimum absolute atomic E-state index is 0.139. The van der Waals surface area contributed by atoms with Crippen LogP contribution in [0, 0.1) is 0 Å². The number of aromatic nitrogens is 6. The van der Waals surface area contributed by atoms with Gasteiger partial charge in [-0.1, -0.05) is 11.6 Å². The van der Waals surface area contributed by atoms with Crippen molar-refractivity contribution in [3.63, 3.8) is 0 Å². The average Bonchev–Trinajstić information content (AvgIpc) is 2.88. The number of halogens is 1. The number of rotatable bonds is 2. The fourth-order valence-electron chi connectivity index (χ4n) is 1.93. The molecule has 0 atom stereocenters. The number of nitrogens with zero attached hydrogens (tertiary/aromatic N) is 6. The second kappa shape index (κ2) is 4.20. The second-order valence-corrected chi connectivity index (χ2v) is 4.65. The lowest BCUT2D eigenvalue weighted by molar-refractivity contribution is 0.685. The van der Waals surface area contributed by atoms with Gasteiger partial charge in [0.15, 0.2) is 5.65 Å². The van der Waals surface area contributed by atoms with Crippen LogP contribution in [0.15, 0.2) is 23.4 Å². The zero-order valence-electron chi connectivity index (χ0n) is 10.4. The zero-order valence-corrected chi connectivity index (χ0v) is 11.2. The molecule has 0 aliphatic heterocycles. The SMILES string of the molecule is Cn1nc(Cn2cnc3c(cnn3C)c2=O)cc1Cl. The molecule has 0 radical (unpaired) electrons. The molecule has 19 heavy (non-hydrogen) atoms. The van der Waals surface area contributed by atoms with Gasteiger partial charge in [-0.05, 0) is 0 Å². The molecule has 98 valence electrons. The topological polar surface area (TPSA) is 70.5 Å². The van der Waals surface area contributed by atoms with Crippen molar-refractivity contribution in [3.8, 4) is 0 Å². The summed E-state index contributed by atoms with van der Waals surface area (Å²) in [5.74, 6) is 0. The van der Waals surface area contributed by atoms with Crippen molar-refractivity contribution in [1.29, 1.82) is 0 Å². The summed E-state index contributed by atoms with van der Waals surface area (Å²) in [5.41, 5.74) is 1.14. The van der Waals surface area contributed by atoms with Gasteiger partial charge in [-0.3, -0.25) is 18.7 Å². The number of hydrogen-bond acceptors (Lipinski definition) is 4. The summed E-state index contributed by atoms with van der Waals surface area (Å²) < 4.78 is 4.61. The molecule has 0 aliphatic carbocycles. The number of fused-ring (bicyclic) bond motifs is 1. The monoisotopic (exact) mass is 278 g/mol. The van der Waals surface area contributed by atoms with Gasteiger partial charge in [-0.2, -0.15) is 10.2 Å². The second-order valence-electron chi connectivity index (χ2n) is 4.27. The minimum Gasteiger partial charge on any atom is -0.292 e. The number of aryl methyl sites for hydroxylation is 2. The van der Waals surface area contributed by atoms with Crippen molar-refractivity contribution in [2.75, 3.05) is 0 Å². The summed E-state index contributed by atoms with van der Waals surface area (Å²) in [7, 11) is 3.49. The molecular weight excluding hydrogens is 268 g/mol. The van der Waals surface area contributed by atoms with Crippen LogP contribution >= 0.6 is 11.6 Å². The van der Waals surface area contributed by atoms with Crippen LogP contribution in [0.5, 0.6) is 0 Å². The van der Waals surface area contributed by atoms with Gasteiger partial charge in [0, 0.05) is 20.2 Å². The highest BCUT2D eigenvalue weighted by Crippen LogP contribution is 2.10. The lowest BCUT2D eigenvalue weighted by Gasteiger charge is -2.02. The Kier molecular flexibility index (Phi) is 2.63. The van der Waals surface area contributed by atoms with E-state index in [-0.39, 0.29) is 5.56 Å². The van der Waals surface area contributed by atoms with E-state index in [1.807, 2.05) is 0 Å². The Balaban J connectivity index is 2.06. The highest BCUT2D eigenvalue weighted by Gasteiger charge is 2.10. The summed E-state index contributed by atoms with van der Waals surface area (Å²) in [4.78, 5) is 16.5. The van der Waals surface area contributed by atoms with E-state index < -0.39 is 0 Å². The number of hydrogen-bond donors (Lipinski definition) is 0. The first-order valence-corrected chi connectivity index (χ1v) is 5.99. The van der Waals surface area contributed by atoms with Crippen molar-refractivity contribution < 1.29 is 0 Å². The van der Waals surface area contributed by atoms with E-state index in [1.54, 1.807) is 29.5 Å². The van der Waals surface area contributed by atoms with Gasteiger partial charge in [0.1, 0.15) is 16.9 Å². The summed E-state index contributed by atoms with van der Waals surface area (Å²) in [6.45, 7) is 0.331. The molecular formula is C11H11ClN6O. The summed E-state index contributed by atoms with van der Waals surface area (Å²) in [6, 6.07) is 1.72. The highest BCUT2D eigenvalue weighted by atomic mass is 35.5. The van der Waals surface area contributed by atoms with Crippen LogP contribution in [-0.2, 0) is 20.6 Å². The van der Waals surface area contributed by atoms with Crippen LogP contribution in [-0.4, -0.2) is 29.1 Å². The Morgan fingerprint density at radius 3 is 2.79 bits per heavy atom. The van der Waals surface area contributed by atoms with Gasteiger partial charge in [0.2, 0.25) is 0 Å². The van der Waals surface area contributed by atoms with Crippen molar-refractivity contribution in [2.45, 2.75) is 6.54 Å². The normalized spacial score (nSPS) is 11.3. The Hall–Kier alpha value is -2.15. The summed E-state index contributed by atoms with van der Waals surface area (Å²) in [5, 5.41) is 9.25. The Morgan fingerprint density at radius 1 is 1.32 bits per heavy atom. The van der Waals surface area contributed by atoms with Crippen LogP contribution in [0.1, 0.15) is 5.69 Å². The molecule has 0 unspecified atom stereocenters. The van der Waals surface area contributed by atoms with Crippen molar-refractivity contribution in [3.05, 3.63) is 39.8 Å². The molecule has 7 nitrogen and oxygen atoms in total. The molecule has 3 aromatic heterocycles. The molecule has 8 heteroatoms. The molecule has 0 saturated heterocycles. The van der Waals surface area contributed by atoms with Crippen LogP contribution in [0.3, 0.4) is 0 Å². The first kappa shape index (κ1) is 11.9. The van der Waals surface area contributed by atoms with Gasteiger partial charge in [0.05, 0.1) is 18.4 Å². The standard InChI is InChI=1S/C11H11ClN6O/c1-16-9(12)3-7(15-16)5-18-6-13-10-8(11(18)19)4-14-17(10)2/h3-4,6H,5H2,1-2H3. The van der Waals surface area contributed by atoms with Gasteiger partial charge >= 0.3 is 0 Å². The van der Waals surface area contributed by atoms with Gasteiger partial charge in [-0.15, -0.1) is 0 Å². The van der Waals surface area contributed by atoms with Gasteiger partial charge < -0.3 is 0 Å². The van der Waals surface area contributed by atoms with Crippen LogP contribution in [0.4, 0.5) is 0 Å². The lowest BCUT2D eigenvalue weighted by Crippen LogP contribution is -2.21. The molecule has 3 heterocycles. The third kappa shape index (κ3) is 1.91. The molecule has 0 fully saturated rings. The average molecular weight is 279 g/mol. The Morgan fingerprint density at radius 2 is 2.11 bits per heavy atom. The van der Waals surface area contributed by atoms with Crippen molar-refractivity contribution in [1.82, 2.24) is 29.1 Å². The lowest BCUT2D eigenvalue weighted by atomic mass is 10.4. The van der Waals surface area contributed by atoms with Gasteiger partial charge in [-0.25, -0.2) is 4.98 Å². The molecule has 0 aliphatic rings. The van der Waals surface area contributed by atoms with Crippen LogP contribution < -0.4 is 5.56 Å². The molecule has 0 saturated carbocycles. The maximum Gasteiger partial charge on any atom is 0.264 e. The highest BCUT2D eigenvalue weighted by molar-refractivity contribution is 6.29. The molecule has 0 spiro atoms. The fraction of sp³-hybridized carbons (Fsp3) is 0.273. The van der Waals surface area contributed by atoms with Crippen molar-refractivity contribution in [2.24, 2.45) is 14.1 Å². The first-order chi connectivity index (χ1) is 9.06. The minimum atomic E-state index is -0.139. The summed E-state index contributed by atoms with van der Waals surface area (Å²) in [6.07, 6.45) is 3.02. The molecule has 0 amide bonds. The van der Waals surface area contributed by atoms with E-state index in [0.717, 1.165) is 0 Å². The Labute approximate surface area is 113 Å². The van der Waals surface area contributed by atoms with Crippen molar-refractivity contribution >= 4 is 22.6 Å². The maximum atomic E-state index is 12.2. The largest absolute Gasteiger partial charge is 0.292 e. The van der Waals surface area contributed by atoms with Crippen LogP contribution in [0.25, 0.3) is 11.0 Å². The van der Waals surface area contributed by atoms with E-state index in [0.29, 0.717) is 28.4 Å². The first-order valence-electron chi connectivity index (χ1n) is 5.62. The quantitative estimate of drug-likeness (QED) is 0.687. The molecule has 0 bridgehead atoms. The molecule has 0 N–H and O–H groups in total. The smallest absolute Gasteiger partial charge is 0.264 e. The van der Waals surface area contributed by atoms with Crippen LogP contribution in [0.2, 0.25) is 5.15 Å². The van der Waals surface area contributed by atoms with E-state index in [2.05, 4.69) is 15.2 Å². The third-order valence-corrected chi connectivity index (χ3v) is 3.28. The predicted molar refractivity (Wildman–Crippen MR) is 70.1 cm³/mol. The summed E-state index contributed by atoms with van der Waals surface area (Å²) >= 11 is 5.92. The van der Waals surface area contributed by atoms with E-state index >= 15 is 0 Å². The molecule has 3 rings (SSSR count). The van der Waals surface area contributed by atoms with E-state index in [1.165, 1.54) is 17.1 Å².